The Hall–Kier alpha value is -3.34. The largest absolute Gasteiger partial charge is 0.503 e. The van der Waals surface area contributed by atoms with Gasteiger partial charge in [0.15, 0.2) is 11.4 Å². The van der Waals surface area contributed by atoms with E-state index in [1.165, 1.54) is 9.47 Å². The van der Waals surface area contributed by atoms with Gasteiger partial charge in [0, 0.05) is 43.5 Å². The summed E-state index contributed by atoms with van der Waals surface area (Å²) in [7, 11) is 0. The first kappa shape index (κ1) is 21.9. The smallest absolute Gasteiger partial charge is 0.274 e. The van der Waals surface area contributed by atoms with Crippen LogP contribution in [0.1, 0.15) is 52.2 Å². The molecule has 1 saturated heterocycles. The highest BCUT2D eigenvalue weighted by atomic mass is 19.1. The van der Waals surface area contributed by atoms with Gasteiger partial charge in [-0.05, 0) is 19.8 Å². The molecule has 0 radical (unpaired) electrons. The van der Waals surface area contributed by atoms with Crippen LogP contribution < -0.4 is 10.7 Å². The van der Waals surface area contributed by atoms with Crippen LogP contribution in [-0.4, -0.2) is 50.2 Å². The summed E-state index contributed by atoms with van der Waals surface area (Å²) in [6, 6.07) is 0.407. The molecule has 8 nitrogen and oxygen atoms in total. The third-order valence-corrected chi connectivity index (χ3v) is 5.90. The standard InChI is InChI=1S/C21H20F3N3O5/c1-21(32)2-3-26-8-11(6-21)27-9-13(17(28)18(29)16(27)20(26)31)19(30)25-7-12-14(23)4-10(22)5-15(12)24/h4-5,9,11,29,32H,2-3,6-8H2,1H3,(H,25,30)/t11-,21-/m0/s1. The summed E-state index contributed by atoms with van der Waals surface area (Å²) < 4.78 is 42.0. The molecule has 3 N–H and O–H groups in total. The SMILES string of the molecule is C[C@]1(O)CCN2C[C@H](C1)n1cc(C(=O)NCc3c(F)cc(F)cc3F)c(=O)c(O)c1C2=O. The second-order valence-corrected chi connectivity index (χ2v) is 8.36. The average Bonchev–Trinajstić information content (AvgIpc) is 2.84. The minimum atomic E-state index is -1.21. The van der Waals surface area contributed by atoms with E-state index < -0.39 is 69.8 Å². The summed E-state index contributed by atoms with van der Waals surface area (Å²) in [6.45, 7) is 1.40. The Morgan fingerprint density at radius 1 is 1.25 bits per heavy atom. The van der Waals surface area contributed by atoms with E-state index in [1.54, 1.807) is 6.92 Å². The van der Waals surface area contributed by atoms with Gasteiger partial charge in [0.1, 0.15) is 23.0 Å². The highest BCUT2D eigenvalue weighted by Gasteiger charge is 2.41. The Bertz CT molecular complexity index is 1170. The molecule has 2 atom stereocenters. The van der Waals surface area contributed by atoms with E-state index in [4.69, 9.17) is 0 Å². The molecule has 1 fully saturated rings. The van der Waals surface area contributed by atoms with E-state index in [2.05, 4.69) is 5.32 Å². The van der Waals surface area contributed by atoms with E-state index in [0.29, 0.717) is 18.6 Å². The van der Waals surface area contributed by atoms with E-state index in [1.807, 2.05) is 0 Å². The van der Waals surface area contributed by atoms with Crippen LogP contribution in [0.3, 0.4) is 0 Å². The topological polar surface area (TPSA) is 112 Å². The Morgan fingerprint density at radius 2 is 1.91 bits per heavy atom. The number of nitrogens with one attached hydrogen (secondary N) is 1. The van der Waals surface area contributed by atoms with E-state index >= 15 is 0 Å². The molecule has 0 aliphatic carbocycles. The molecule has 0 unspecified atom stereocenters. The molecule has 32 heavy (non-hydrogen) atoms. The molecule has 0 spiro atoms. The fraction of sp³-hybridized carbons (Fsp3) is 0.381. The molecule has 3 heterocycles. The molecule has 2 bridgehead atoms. The summed E-state index contributed by atoms with van der Waals surface area (Å²) in [5.74, 6) is -6.10. The van der Waals surface area contributed by atoms with Crippen LogP contribution in [0.5, 0.6) is 5.75 Å². The third-order valence-electron chi connectivity index (χ3n) is 5.90. The summed E-state index contributed by atoms with van der Waals surface area (Å²) in [5.41, 5.74) is -3.66. The van der Waals surface area contributed by atoms with Crippen LogP contribution in [-0.2, 0) is 6.54 Å². The second-order valence-electron chi connectivity index (χ2n) is 8.36. The van der Waals surface area contributed by atoms with E-state index in [-0.39, 0.29) is 25.2 Å². The van der Waals surface area contributed by atoms with Crippen LogP contribution in [0.15, 0.2) is 23.1 Å². The molecule has 11 heteroatoms. The van der Waals surface area contributed by atoms with Gasteiger partial charge in [-0.15, -0.1) is 0 Å². The first-order chi connectivity index (χ1) is 15.0. The van der Waals surface area contributed by atoms with Gasteiger partial charge in [0.25, 0.3) is 11.8 Å². The van der Waals surface area contributed by atoms with Crippen molar-refractivity contribution in [3.05, 3.63) is 62.8 Å². The van der Waals surface area contributed by atoms with E-state index in [0.717, 1.165) is 6.20 Å². The molecule has 1 aromatic heterocycles. The fourth-order valence-corrected chi connectivity index (χ4v) is 4.20. The van der Waals surface area contributed by atoms with Crippen molar-refractivity contribution in [1.29, 1.82) is 0 Å². The first-order valence-electron chi connectivity index (χ1n) is 9.90. The van der Waals surface area contributed by atoms with Gasteiger partial charge in [0.05, 0.1) is 11.6 Å². The number of aromatic hydroxyl groups is 1. The molecule has 4 rings (SSSR count). The maximum Gasteiger partial charge on any atom is 0.274 e. The molecular weight excluding hydrogens is 431 g/mol. The van der Waals surface area contributed by atoms with Gasteiger partial charge < -0.3 is 25.0 Å². The number of nitrogens with zero attached hydrogens (tertiary/aromatic N) is 2. The number of hydrogen-bond acceptors (Lipinski definition) is 5. The number of amides is 2. The number of rotatable bonds is 3. The molecular formula is C21H20F3N3O5. The fourth-order valence-electron chi connectivity index (χ4n) is 4.20. The Kier molecular flexibility index (Phi) is 5.24. The zero-order valence-corrected chi connectivity index (χ0v) is 17.0. The number of aliphatic hydroxyl groups is 1. The van der Waals surface area contributed by atoms with Gasteiger partial charge in [-0.2, -0.15) is 0 Å². The lowest BCUT2D eigenvalue weighted by atomic mass is 9.94. The minimum absolute atomic E-state index is 0.207. The number of carbonyl (C=O) groups excluding carboxylic acids is 2. The quantitative estimate of drug-likeness (QED) is 0.654. The zero-order chi connectivity index (χ0) is 23.4. The van der Waals surface area contributed by atoms with Crippen LogP contribution in [0.2, 0.25) is 0 Å². The zero-order valence-electron chi connectivity index (χ0n) is 17.0. The summed E-state index contributed by atoms with van der Waals surface area (Å²) in [4.78, 5) is 39.4. The van der Waals surface area contributed by atoms with Gasteiger partial charge in [-0.25, -0.2) is 13.2 Å². The van der Waals surface area contributed by atoms with Crippen molar-refractivity contribution in [3.8, 4) is 5.75 Å². The van der Waals surface area contributed by atoms with Crippen molar-refractivity contribution < 1.29 is 33.0 Å². The lowest BCUT2D eigenvalue weighted by Gasteiger charge is -2.34. The van der Waals surface area contributed by atoms with Crippen molar-refractivity contribution in [1.82, 2.24) is 14.8 Å². The number of benzene rings is 1. The predicted molar refractivity (Wildman–Crippen MR) is 105 cm³/mol. The highest BCUT2D eigenvalue weighted by molar-refractivity contribution is 5.99. The van der Waals surface area contributed by atoms with Gasteiger partial charge in [-0.3, -0.25) is 14.4 Å². The number of carbonyl (C=O) groups is 2. The number of aromatic nitrogens is 1. The number of halogens is 3. The highest BCUT2D eigenvalue weighted by Crippen LogP contribution is 2.35. The number of hydrogen-bond donors (Lipinski definition) is 3. The van der Waals surface area contributed by atoms with Gasteiger partial charge >= 0.3 is 0 Å². The van der Waals surface area contributed by atoms with Crippen LogP contribution in [0.4, 0.5) is 13.2 Å². The van der Waals surface area contributed by atoms with Crippen molar-refractivity contribution >= 4 is 11.8 Å². The third kappa shape index (κ3) is 3.72. The molecule has 2 aliphatic heterocycles. The maximum absolute atomic E-state index is 13.8. The minimum Gasteiger partial charge on any atom is -0.503 e. The molecule has 170 valence electrons. The summed E-state index contributed by atoms with van der Waals surface area (Å²) in [5, 5.41) is 23.2. The maximum atomic E-state index is 13.8. The average molecular weight is 451 g/mol. The number of pyridine rings is 1. The molecule has 2 aliphatic rings. The van der Waals surface area contributed by atoms with Crippen LogP contribution >= 0.6 is 0 Å². The normalized spacial score (nSPS) is 22.3. The van der Waals surface area contributed by atoms with Crippen molar-refractivity contribution in [2.24, 2.45) is 0 Å². The first-order valence-corrected chi connectivity index (χ1v) is 9.90. The van der Waals surface area contributed by atoms with Crippen LogP contribution in [0.25, 0.3) is 0 Å². The van der Waals surface area contributed by atoms with E-state index in [9.17, 15) is 37.8 Å². The van der Waals surface area contributed by atoms with Crippen molar-refractivity contribution in [2.45, 2.75) is 38.0 Å². The second kappa shape index (κ2) is 7.66. The lowest BCUT2D eigenvalue weighted by Crippen LogP contribution is -2.44. The van der Waals surface area contributed by atoms with Crippen LogP contribution in [0, 0.1) is 17.5 Å². The van der Waals surface area contributed by atoms with Crippen molar-refractivity contribution in [3.63, 3.8) is 0 Å². The Morgan fingerprint density at radius 3 is 2.56 bits per heavy atom. The predicted octanol–water partition coefficient (Wildman–Crippen LogP) is 1.44. The lowest BCUT2D eigenvalue weighted by molar-refractivity contribution is 0.0369. The molecule has 2 aromatic rings. The molecule has 1 aromatic carbocycles. The summed E-state index contributed by atoms with van der Waals surface area (Å²) in [6.07, 6.45) is 1.61. The Balaban J connectivity index is 1.69. The Labute approximate surface area is 179 Å². The molecule has 0 saturated carbocycles. The number of fused-ring (bicyclic) bond motifs is 4. The van der Waals surface area contributed by atoms with Gasteiger partial charge in [0.2, 0.25) is 5.43 Å². The molecule has 2 amide bonds. The van der Waals surface area contributed by atoms with Gasteiger partial charge in [-0.1, -0.05) is 0 Å². The summed E-state index contributed by atoms with van der Waals surface area (Å²) >= 11 is 0. The van der Waals surface area contributed by atoms with Crippen molar-refractivity contribution in [2.75, 3.05) is 13.1 Å². The monoisotopic (exact) mass is 451 g/mol.